The molecular formula is C17H24N2O. The van der Waals surface area contributed by atoms with Crippen LogP contribution >= 0.6 is 0 Å². The molecule has 3 N–H and O–H groups in total. The van der Waals surface area contributed by atoms with Gasteiger partial charge in [0.1, 0.15) is 5.75 Å². The van der Waals surface area contributed by atoms with E-state index in [4.69, 9.17) is 10.6 Å². The van der Waals surface area contributed by atoms with E-state index in [0.717, 1.165) is 47.6 Å². The van der Waals surface area contributed by atoms with E-state index >= 15 is 0 Å². The summed E-state index contributed by atoms with van der Waals surface area (Å²) in [5, 5.41) is 0. The van der Waals surface area contributed by atoms with Gasteiger partial charge in [-0.05, 0) is 86.0 Å². The summed E-state index contributed by atoms with van der Waals surface area (Å²) in [5.74, 6) is 11.1. The molecule has 5 rings (SSSR count). The molecule has 0 heterocycles. The average Bonchev–Trinajstić information content (AvgIpc) is 2.46. The summed E-state index contributed by atoms with van der Waals surface area (Å²) in [7, 11) is 0. The standard InChI is InChI=1S/C17H24N2O/c18-19-15-1-3-16(4-2-15)20-10-17-13-6-11-5-12(8-13)9-14(17)7-11/h1-4,11-14,17,19H,5-10,18H2. The molecule has 1 aromatic carbocycles. The Morgan fingerprint density at radius 2 is 1.55 bits per heavy atom. The van der Waals surface area contributed by atoms with Crippen molar-refractivity contribution in [2.75, 3.05) is 12.0 Å². The zero-order valence-electron chi connectivity index (χ0n) is 11.9. The van der Waals surface area contributed by atoms with Gasteiger partial charge in [-0.3, -0.25) is 5.84 Å². The van der Waals surface area contributed by atoms with Crippen molar-refractivity contribution >= 4 is 5.69 Å². The molecule has 0 amide bonds. The summed E-state index contributed by atoms with van der Waals surface area (Å²) in [5.41, 5.74) is 3.57. The van der Waals surface area contributed by atoms with E-state index < -0.39 is 0 Å². The molecule has 4 bridgehead atoms. The van der Waals surface area contributed by atoms with Crippen molar-refractivity contribution in [2.45, 2.75) is 32.1 Å². The van der Waals surface area contributed by atoms with Gasteiger partial charge >= 0.3 is 0 Å². The highest BCUT2D eigenvalue weighted by Gasteiger charge is 2.48. The molecule has 0 atom stereocenters. The van der Waals surface area contributed by atoms with Crippen LogP contribution in [0.1, 0.15) is 32.1 Å². The topological polar surface area (TPSA) is 47.3 Å². The largest absolute Gasteiger partial charge is 0.493 e. The van der Waals surface area contributed by atoms with Gasteiger partial charge in [0, 0.05) is 5.69 Å². The molecule has 1 aromatic rings. The van der Waals surface area contributed by atoms with E-state index in [2.05, 4.69) is 5.43 Å². The summed E-state index contributed by atoms with van der Waals surface area (Å²) >= 11 is 0. The van der Waals surface area contributed by atoms with Crippen molar-refractivity contribution in [1.29, 1.82) is 0 Å². The number of hydrazine groups is 1. The van der Waals surface area contributed by atoms with Gasteiger partial charge < -0.3 is 10.2 Å². The van der Waals surface area contributed by atoms with Gasteiger partial charge in [0.15, 0.2) is 0 Å². The van der Waals surface area contributed by atoms with Crippen molar-refractivity contribution in [1.82, 2.24) is 0 Å². The van der Waals surface area contributed by atoms with Gasteiger partial charge in [-0.2, -0.15) is 0 Å². The van der Waals surface area contributed by atoms with Gasteiger partial charge in [0.2, 0.25) is 0 Å². The maximum atomic E-state index is 6.06. The molecule has 20 heavy (non-hydrogen) atoms. The predicted molar refractivity (Wildman–Crippen MR) is 80.3 cm³/mol. The minimum Gasteiger partial charge on any atom is -0.493 e. The molecule has 3 heteroatoms. The molecule has 0 aliphatic heterocycles. The van der Waals surface area contributed by atoms with Crippen molar-refractivity contribution in [3.63, 3.8) is 0 Å². The highest BCUT2D eigenvalue weighted by atomic mass is 16.5. The third kappa shape index (κ3) is 2.18. The molecule has 0 spiro atoms. The quantitative estimate of drug-likeness (QED) is 0.652. The normalized spacial score (nSPS) is 38.0. The van der Waals surface area contributed by atoms with E-state index in [-0.39, 0.29) is 0 Å². The second kappa shape index (κ2) is 4.96. The first-order valence-electron chi connectivity index (χ1n) is 8.01. The van der Waals surface area contributed by atoms with Crippen molar-refractivity contribution < 1.29 is 4.74 Å². The molecule has 0 aromatic heterocycles. The van der Waals surface area contributed by atoms with Crippen LogP contribution in [0.3, 0.4) is 0 Å². The number of nitrogens with two attached hydrogens (primary N) is 1. The van der Waals surface area contributed by atoms with Crippen LogP contribution in [0.4, 0.5) is 5.69 Å². The smallest absolute Gasteiger partial charge is 0.119 e. The molecule has 0 unspecified atom stereocenters. The summed E-state index contributed by atoms with van der Waals surface area (Å²) in [6, 6.07) is 7.94. The Bertz CT molecular complexity index is 442. The van der Waals surface area contributed by atoms with Gasteiger partial charge in [0.25, 0.3) is 0 Å². The molecule has 108 valence electrons. The van der Waals surface area contributed by atoms with Crippen molar-refractivity contribution in [2.24, 2.45) is 35.4 Å². The van der Waals surface area contributed by atoms with Crippen LogP contribution in [0, 0.1) is 29.6 Å². The van der Waals surface area contributed by atoms with E-state index in [9.17, 15) is 0 Å². The average molecular weight is 272 g/mol. The van der Waals surface area contributed by atoms with Crippen LogP contribution in [0.2, 0.25) is 0 Å². The molecule has 4 aliphatic rings. The van der Waals surface area contributed by atoms with E-state index in [0.29, 0.717) is 0 Å². The third-order valence-electron chi connectivity index (χ3n) is 5.89. The number of rotatable bonds is 4. The number of nitrogens with one attached hydrogen (secondary N) is 1. The maximum Gasteiger partial charge on any atom is 0.119 e. The Morgan fingerprint density at radius 3 is 2.10 bits per heavy atom. The molecule has 3 nitrogen and oxygen atoms in total. The molecule has 4 saturated carbocycles. The zero-order chi connectivity index (χ0) is 13.5. The van der Waals surface area contributed by atoms with Crippen LogP contribution in [0.5, 0.6) is 5.75 Å². The predicted octanol–water partition coefficient (Wildman–Crippen LogP) is 3.42. The second-order valence-corrected chi connectivity index (χ2v) is 7.07. The summed E-state index contributed by atoms with van der Waals surface area (Å²) in [6.45, 7) is 0.907. The molecule has 4 fully saturated rings. The van der Waals surface area contributed by atoms with Crippen LogP contribution in [0.25, 0.3) is 0 Å². The number of nitrogen functional groups attached to an aromatic ring is 1. The summed E-state index contributed by atoms with van der Waals surface area (Å²) in [4.78, 5) is 0. The fourth-order valence-electron chi connectivity index (χ4n) is 5.15. The van der Waals surface area contributed by atoms with Gasteiger partial charge in [-0.1, -0.05) is 0 Å². The second-order valence-electron chi connectivity index (χ2n) is 7.07. The molecular weight excluding hydrogens is 248 g/mol. The molecule has 0 saturated heterocycles. The molecule has 4 aliphatic carbocycles. The maximum absolute atomic E-state index is 6.06. The van der Waals surface area contributed by atoms with Crippen molar-refractivity contribution in [3.05, 3.63) is 24.3 Å². The zero-order valence-corrected chi connectivity index (χ0v) is 11.9. The van der Waals surface area contributed by atoms with Crippen LogP contribution in [-0.4, -0.2) is 6.61 Å². The highest BCUT2D eigenvalue weighted by molar-refractivity contribution is 5.45. The Morgan fingerprint density at radius 1 is 0.950 bits per heavy atom. The van der Waals surface area contributed by atoms with Crippen LogP contribution < -0.4 is 16.0 Å². The number of hydrogen-bond donors (Lipinski definition) is 2. The first kappa shape index (κ1) is 12.5. The lowest BCUT2D eigenvalue weighted by Crippen LogP contribution is -2.47. The van der Waals surface area contributed by atoms with Crippen molar-refractivity contribution in [3.8, 4) is 5.75 Å². The van der Waals surface area contributed by atoms with Crippen LogP contribution in [-0.2, 0) is 0 Å². The van der Waals surface area contributed by atoms with Crippen LogP contribution in [0.15, 0.2) is 24.3 Å². The number of ether oxygens (including phenoxy) is 1. The lowest BCUT2D eigenvalue weighted by molar-refractivity contribution is -0.0529. The summed E-state index contributed by atoms with van der Waals surface area (Å²) < 4.78 is 6.06. The number of hydrogen-bond acceptors (Lipinski definition) is 3. The number of benzene rings is 1. The Balaban J connectivity index is 1.39. The van der Waals surface area contributed by atoms with E-state index in [1.807, 2.05) is 24.3 Å². The fourth-order valence-corrected chi connectivity index (χ4v) is 5.15. The van der Waals surface area contributed by atoms with E-state index in [1.165, 1.54) is 32.1 Å². The first-order valence-corrected chi connectivity index (χ1v) is 8.01. The number of anilines is 1. The first-order chi connectivity index (χ1) is 9.81. The van der Waals surface area contributed by atoms with Gasteiger partial charge in [-0.25, -0.2) is 0 Å². The monoisotopic (exact) mass is 272 g/mol. The van der Waals surface area contributed by atoms with E-state index in [1.54, 1.807) is 0 Å². The third-order valence-corrected chi connectivity index (χ3v) is 5.89. The minimum atomic E-state index is 0.801. The minimum absolute atomic E-state index is 0.801. The Kier molecular flexibility index (Phi) is 3.10. The summed E-state index contributed by atoms with van der Waals surface area (Å²) in [6.07, 6.45) is 7.40. The van der Waals surface area contributed by atoms with Gasteiger partial charge in [0.05, 0.1) is 6.61 Å². The Labute approximate surface area is 120 Å². The lowest BCUT2D eigenvalue weighted by Gasteiger charge is -2.54. The lowest BCUT2D eigenvalue weighted by atomic mass is 9.52. The fraction of sp³-hybridized carbons (Fsp3) is 0.647. The van der Waals surface area contributed by atoms with Gasteiger partial charge in [-0.15, -0.1) is 0 Å². The highest BCUT2D eigenvalue weighted by Crippen LogP contribution is 2.56. The molecule has 0 radical (unpaired) electrons. The SMILES string of the molecule is NNc1ccc(OCC2C3CC4CC(C3)CC2C4)cc1. The Hall–Kier alpha value is -1.22.